The molecule has 4 heterocycles. The SMILES string of the molecule is NC1N=CC=CC1(c1ccnc(N2C[C@@H]3C[C@H]2CO3)n1)C(F)(F)F. The van der Waals surface area contributed by atoms with E-state index in [0.717, 1.165) is 12.5 Å². The maximum atomic E-state index is 13.9. The maximum absolute atomic E-state index is 13.9. The number of rotatable bonds is 2. The molecule has 4 atom stereocenters. The number of fused-ring (bicyclic) bond motifs is 2. The van der Waals surface area contributed by atoms with Crippen LogP contribution in [0.4, 0.5) is 19.1 Å². The van der Waals surface area contributed by atoms with Crippen LogP contribution in [0, 0.1) is 0 Å². The molecule has 0 aromatic carbocycles. The largest absolute Gasteiger partial charge is 0.406 e. The number of allylic oxidation sites excluding steroid dienone is 1. The molecule has 128 valence electrons. The van der Waals surface area contributed by atoms with Crippen molar-refractivity contribution < 1.29 is 17.9 Å². The Kier molecular flexibility index (Phi) is 3.40. The van der Waals surface area contributed by atoms with Gasteiger partial charge in [0, 0.05) is 19.0 Å². The Morgan fingerprint density at radius 1 is 1.38 bits per heavy atom. The molecule has 4 rings (SSSR count). The number of ether oxygens (including phenoxy) is 1. The third kappa shape index (κ3) is 2.15. The van der Waals surface area contributed by atoms with Crippen molar-refractivity contribution in [1.29, 1.82) is 0 Å². The van der Waals surface area contributed by atoms with Crippen molar-refractivity contribution in [3.8, 4) is 0 Å². The lowest BCUT2D eigenvalue weighted by Crippen LogP contribution is -2.55. The standard InChI is InChI=1S/C15H16F3N5O/c16-15(17,18)14(3-1-4-20-12(14)19)11-2-5-21-13(22-11)23-7-10-6-9(23)8-24-10/h1-5,9-10,12H,6-8,19H2/t9-,10-,12?,14?/m0/s1. The van der Waals surface area contributed by atoms with E-state index in [1.807, 2.05) is 4.90 Å². The van der Waals surface area contributed by atoms with E-state index in [9.17, 15) is 13.2 Å². The van der Waals surface area contributed by atoms with E-state index >= 15 is 0 Å². The molecule has 2 unspecified atom stereocenters. The number of halogens is 3. The second-order valence-electron chi connectivity index (χ2n) is 6.21. The summed E-state index contributed by atoms with van der Waals surface area (Å²) in [6.07, 6.45) is -0.268. The molecule has 2 saturated heterocycles. The first-order valence-electron chi connectivity index (χ1n) is 7.67. The monoisotopic (exact) mass is 339 g/mol. The second-order valence-corrected chi connectivity index (χ2v) is 6.21. The minimum atomic E-state index is -4.63. The van der Waals surface area contributed by atoms with Gasteiger partial charge in [-0.2, -0.15) is 13.2 Å². The van der Waals surface area contributed by atoms with Gasteiger partial charge in [-0.3, -0.25) is 4.99 Å². The van der Waals surface area contributed by atoms with E-state index in [2.05, 4.69) is 15.0 Å². The van der Waals surface area contributed by atoms with Crippen LogP contribution >= 0.6 is 0 Å². The Labute approximate surface area is 136 Å². The van der Waals surface area contributed by atoms with Crippen LogP contribution in [-0.4, -0.2) is 53.8 Å². The Hall–Kier alpha value is -2.00. The highest BCUT2D eigenvalue weighted by Crippen LogP contribution is 2.45. The second kappa shape index (κ2) is 5.25. The van der Waals surface area contributed by atoms with E-state index in [-0.39, 0.29) is 23.8 Å². The van der Waals surface area contributed by atoms with Crippen molar-refractivity contribution in [3.05, 3.63) is 30.1 Å². The van der Waals surface area contributed by atoms with Crippen molar-refractivity contribution in [3.63, 3.8) is 0 Å². The third-order valence-corrected chi connectivity index (χ3v) is 4.85. The molecule has 0 spiro atoms. The minimum Gasteiger partial charge on any atom is -0.374 e. The van der Waals surface area contributed by atoms with Gasteiger partial charge in [0.25, 0.3) is 0 Å². The molecule has 0 aliphatic carbocycles. The molecule has 6 nitrogen and oxygen atoms in total. The van der Waals surface area contributed by atoms with Gasteiger partial charge in [-0.1, -0.05) is 6.08 Å². The number of dihydropyridines is 1. The van der Waals surface area contributed by atoms with Gasteiger partial charge >= 0.3 is 6.18 Å². The molecule has 1 aromatic heterocycles. The molecular weight excluding hydrogens is 323 g/mol. The number of hydrogen-bond acceptors (Lipinski definition) is 6. The molecule has 2 fully saturated rings. The fourth-order valence-electron chi connectivity index (χ4n) is 3.56. The Balaban J connectivity index is 1.76. The fraction of sp³-hybridized carbons (Fsp3) is 0.533. The lowest BCUT2D eigenvalue weighted by Gasteiger charge is -2.37. The van der Waals surface area contributed by atoms with Crippen LogP contribution < -0.4 is 10.6 Å². The zero-order valence-corrected chi connectivity index (χ0v) is 12.6. The summed E-state index contributed by atoms with van der Waals surface area (Å²) in [5, 5.41) is 0. The summed E-state index contributed by atoms with van der Waals surface area (Å²) in [7, 11) is 0. The van der Waals surface area contributed by atoms with E-state index < -0.39 is 17.8 Å². The number of alkyl halides is 3. The van der Waals surface area contributed by atoms with Crippen molar-refractivity contribution in [2.75, 3.05) is 18.1 Å². The summed E-state index contributed by atoms with van der Waals surface area (Å²) in [5.74, 6) is 0.280. The molecule has 3 aliphatic heterocycles. The van der Waals surface area contributed by atoms with Crippen LogP contribution in [0.5, 0.6) is 0 Å². The predicted molar refractivity (Wildman–Crippen MR) is 80.9 cm³/mol. The lowest BCUT2D eigenvalue weighted by atomic mass is 9.79. The summed E-state index contributed by atoms with van der Waals surface area (Å²) >= 11 is 0. The van der Waals surface area contributed by atoms with Crippen LogP contribution in [-0.2, 0) is 10.2 Å². The summed E-state index contributed by atoms with van der Waals surface area (Å²) in [4.78, 5) is 14.0. The predicted octanol–water partition coefficient (Wildman–Crippen LogP) is 1.18. The van der Waals surface area contributed by atoms with Crippen LogP contribution in [0.2, 0.25) is 0 Å². The lowest BCUT2D eigenvalue weighted by molar-refractivity contribution is -0.182. The van der Waals surface area contributed by atoms with E-state index in [4.69, 9.17) is 10.5 Å². The Morgan fingerprint density at radius 2 is 2.21 bits per heavy atom. The number of aromatic nitrogens is 2. The quantitative estimate of drug-likeness (QED) is 0.876. The van der Waals surface area contributed by atoms with Gasteiger partial charge in [-0.05, 0) is 18.6 Å². The van der Waals surface area contributed by atoms with Gasteiger partial charge in [0.05, 0.1) is 24.4 Å². The molecule has 3 aliphatic rings. The van der Waals surface area contributed by atoms with Crippen LogP contribution in [0.1, 0.15) is 12.1 Å². The highest BCUT2D eigenvalue weighted by Gasteiger charge is 2.60. The number of aliphatic imine (C=N–C) groups is 1. The average Bonchev–Trinajstić information content (AvgIpc) is 3.17. The zero-order chi connectivity index (χ0) is 16.9. The summed E-state index contributed by atoms with van der Waals surface area (Å²) in [6.45, 7) is 1.14. The number of hydrogen-bond donors (Lipinski definition) is 1. The Morgan fingerprint density at radius 3 is 2.83 bits per heavy atom. The van der Waals surface area contributed by atoms with E-state index in [1.54, 1.807) is 0 Å². The van der Waals surface area contributed by atoms with Crippen molar-refractivity contribution >= 4 is 12.2 Å². The summed E-state index contributed by atoms with van der Waals surface area (Å²) < 4.78 is 47.2. The molecule has 1 aromatic rings. The summed E-state index contributed by atoms with van der Waals surface area (Å²) in [5.41, 5.74) is 3.09. The number of nitrogens with two attached hydrogens (primary N) is 1. The number of nitrogens with zero attached hydrogens (tertiary/aromatic N) is 4. The highest BCUT2D eigenvalue weighted by atomic mass is 19.4. The average molecular weight is 339 g/mol. The Bertz CT molecular complexity index is 707. The number of anilines is 1. The third-order valence-electron chi connectivity index (χ3n) is 4.85. The molecule has 24 heavy (non-hydrogen) atoms. The molecule has 2 bridgehead atoms. The normalized spacial score (nSPS) is 35.0. The topological polar surface area (TPSA) is 76.6 Å². The van der Waals surface area contributed by atoms with Crippen molar-refractivity contribution in [2.45, 2.75) is 36.3 Å². The number of morpholine rings is 1. The van der Waals surface area contributed by atoms with Crippen molar-refractivity contribution in [1.82, 2.24) is 9.97 Å². The van der Waals surface area contributed by atoms with Gasteiger partial charge in [0.15, 0.2) is 5.41 Å². The fourth-order valence-corrected chi connectivity index (χ4v) is 3.56. The molecule has 0 amide bonds. The van der Waals surface area contributed by atoms with Crippen LogP contribution in [0.3, 0.4) is 0 Å². The van der Waals surface area contributed by atoms with E-state index in [1.165, 1.54) is 24.6 Å². The molecule has 0 saturated carbocycles. The van der Waals surface area contributed by atoms with Gasteiger partial charge in [-0.25, -0.2) is 9.97 Å². The van der Waals surface area contributed by atoms with Gasteiger partial charge in [0.1, 0.15) is 6.17 Å². The molecule has 9 heteroatoms. The van der Waals surface area contributed by atoms with Crippen LogP contribution in [0.25, 0.3) is 0 Å². The first kappa shape index (κ1) is 15.5. The first-order valence-corrected chi connectivity index (χ1v) is 7.67. The van der Waals surface area contributed by atoms with Gasteiger partial charge in [0.2, 0.25) is 5.95 Å². The molecular formula is C15H16F3N5O. The molecule has 0 radical (unpaired) electrons. The highest BCUT2D eigenvalue weighted by molar-refractivity contribution is 5.73. The van der Waals surface area contributed by atoms with E-state index in [0.29, 0.717) is 13.2 Å². The first-order chi connectivity index (χ1) is 11.4. The minimum absolute atomic E-state index is 0.0975. The van der Waals surface area contributed by atoms with Gasteiger partial charge in [-0.15, -0.1) is 0 Å². The molecule has 2 N–H and O–H groups in total. The summed E-state index contributed by atoms with van der Waals surface area (Å²) in [6, 6.07) is 1.37. The zero-order valence-electron chi connectivity index (χ0n) is 12.6. The van der Waals surface area contributed by atoms with Gasteiger partial charge < -0.3 is 15.4 Å². The maximum Gasteiger partial charge on any atom is 0.406 e. The van der Waals surface area contributed by atoms with Crippen LogP contribution in [0.15, 0.2) is 29.4 Å². The van der Waals surface area contributed by atoms with Crippen molar-refractivity contribution in [2.24, 2.45) is 10.7 Å². The smallest absolute Gasteiger partial charge is 0.374 e.